The quantitative estimate of drug-likeness (QED) is 0.652. The lowest BCUT2D eigenvalue weighted by atomic mass is 10.1. The number of carbonyl (C=O) groups is 1. The molecule has 2 heteroatoms. The number of hydrogen-bond acceptors (Lipinski definition) is 2. The Labute approximate surface area is 87.7 Å². The third-order valence-corrected chi connectivity index (χ3v) is 3.11. The Bertz CT molecular complexity index is 173. The summed E-state index contributed by atoms with van der Waals surface area (Å²) in [6, 6.07) is 0. The fourth-order valence-corrected chi connectivity index (χ4v) is 2.32. The molecule has 0 radical (unpaired) electrons. The molecule has 0 spiro atoms. The van der Waals surface area contributed by atoms with Gasteiger partial charge in [0.1, 0.15) is 5.78 Å². The minimum atomic E-state index is 0.319. The second-order valence-electron chi connectivity index (χ2n) is 4.72. The van der Waals surface area contributed by atoms with Gasteiger partial charge in [0.05, 0.1) is 0 Å². The first kappa shape index (κ1) is 11.7. The molecule has 0 atom stereocenters. The molecule has 1 rings (SSSR count). The van der Waals surface area contributed by atoms with Crippen molar-refractivity contribution in [3.05, 3.63) is 0 Å². The monoisotopic (exact) mass is 197 g/mol. The molecule has 0 bridgehead atoms. The largest absolute Gasteiger partial charge is 0.306 e. The van der Waals surface area contributed by atoms with Crippen LogP contribution in [0.5, 0.6) is 0 Å². The van der Waals surface area contributed by atoms with Crippen molar-refractivity contribution in [3.63, 3.8) is 0 Å². The molecule has 1 aliphatic rings. The van der Waals surface area contributed by atoms with Crippen molar-refractivity contribution in [3.8, 4) is 0 Å². The molecule has 1 aliphatic carbocycles. The van der Waals surface area contributed by atoms with Crippen LogP contribution < -0.4 is 0 Å². The van der Waals surface area contributed by atoms with Crippen molar-refractivity contribution >= 4 is 5.78 Å². The van der Waals surface area contributed by atoms with Gasteiger partial charge in [-0.2, -0.15) is 0 Å². The van der Waals surface area contributed by atoms with Gasteiger partial charge in [-0.05, 0) is 45.7 Å². The maximum atomic E-state index is 10.8. The molecular formula is C12H23NO. The summed E-state index contributed by atoms with van der Waals surface area (Å²) in [6.45, 7) is 3.99. The van der Waals surface area contributed by atoms with Crippen LogP contribution in [0.15, 0.2) is 0 Å². The minimum Gasteiger partial charge on any atom is -0.306 e. The van der Waals surface area contributed by atoms with Crippen molar-refractivity contribution < 1.29 is 4.79 Å². The van der Waals surface area contributed by atoms with Gasteiger partial charge in [-0.1, -0.05) is 12.8 Å². The van der Waals surface area contributed by atoms with Crippen LogP contribution in [0.2, 0.25) is 0 Å². The van der Waals surface area contributed by atoms with E-state index in [1.54, 1.807) is 6.92 Å². The van der Waals surface area contributed by atoms with E-state index in [0.29, 0.717) is 5.78 Å². The lowest BCUT2D eigenvalue weighted by Crippen LogP contribution is -2.25. The van der Waals surface area contributed by atoms with Gasteiger partial charge in [0.25, 0.3) is 0 Å². The third kappa shape index (κ3) is 4.75. The molecule has 0 heterocycles. The van der Waals surface area contributed by atoms with E-state index in [1.165, 1.54) is 32.2 Å². The van der Waals surface area contributed by atoms with Gasteiger partial charge in [0.15, 0.2) is 0 Å². The summed E-state index contributed by atoms with van der Waals surface area (Å²) < 4.78 is 0. The third-order valence-electron chi connectivity index (χ3n) is 3.11. The van der Waals surface area contributed by atoms with Gasteiger partial charge in [0.2, 0.25) is 0 Å². The van der Waals surface area contributed by atoms with Crippen molar-refractivity contribution in [1.29, 1.82) is 0 Å². The van der Waals surface area contributed by atoms with Crippen LogP contribution in [0, 0.1) is 5.92 Å². The summed E-state index contributed by atoms with van der Waals surface area (Å²) >= 11 is 0. The van der Waals surface area contributed by atoms with E-state index in [4.69, 9.17) is 0 Å². The molecule has 14 heavy (non-hydrogen) atoms. The predicted molar refractivity (Wildman–Crippen MR) is 59.4 cm³/mol. The standard InChI is InChI=1S/C12H23NO/c1-11(14)6-5-9-13(2)10-12-7-3-4-8-12/h12H,3-10H2,1-2H3. The van der Waals surface area contributed by atoms with Gasteiger partial charge in [-0.25, -0.2) is 0 Å². The van der Waals surface area contributed by atoms with E-state index in [-0.39, 0.29) is 0 Å². The van der Waals surface area contributed by atoms with Gasteiger partial charge in [-0.15, -0.1) is 0 Å². The maximum Gasteiger partial charge on any atom is 0.129 e. The average molecular weight is 197 g/mol. The highest BCUT2D eigenvalue weighted by Crippen LogP contribution is 2.25. The van der Waals surface area contributed by atoms with E-state index in [1.807, 2.05) is 0 Å². The minimum absolute atomic E-state index is 0.319. The predicted octanol–water partition coefficient (Wildman–Crippen LogP) is 2.48. The first-order valence-corrected chi connectivity index (χ1v) is 5.86. The highest BCUT2D eigenvalue weighted by atomic mass is 16.1. The van der Waals surface area contributed by atoms with Gasteiger partial charge >= 0.3 is 0 Å². The summed E-state index contributed by atoms with van der Waals surface area (Å²) in [5.74, 6) is 1.25. The first-order valence-electron chi connectivity index (χ1n) is 5.86. The summed E-state index contributed by atoms with van der Waals surface area (Å²) in [5.41, 5.74) is 0. The molecule has 2 nitrogen and oxygen atoms in total. The fraction of sp³-hybridized carbons (Fsp3) is 0.917. The van der Waals surface area contributed by atoms with Crippen LogP contribution in [0.1, 0.15) is 45.4 Å². The summed E-state index contributed by atoms with van der Waals surface area (Å²) in [6.07, 6.45) is 7.44. The number of ketones is 1. The van der Waals surface area contributed by atoms with Crippen molar-refractivity contribution in [2.75, 3.05) is 20.1 Å². The number of hydrogen-bond donors (Lipinski definition) is 0. The van der Waals surface area contributed by atoms with Crippen molar-refractivity contribution in [2.24, 2.45) is 5.92 Å². The summed E-state index contributed by atoms with van der Waals surface area (Å²) in [4.78, 5) is 13.1. The number of Topliss-reactive ketones (excluding diaryl/α,β-unsaturated/α-hetero) is 1. The molecule has 0 aromatic heterocycles. The second-order valence-corrected chi connectivity index (χ2v) is 4.72. The van der Waals surface area contributed by atoms with Gasteiger partial charge < -0.3 is 9.69 Å². The molecule has 0 unspecified atom stereocenters. The molecule has 0 amide bonds. The summed E-state index contributed by atoms with van der Waals surface area (Å²) in [5, 5.41) is 0. The SMILES string of the molecule is CC(=O)CCCN(C)CC1CCCC1. The normalized spacial score (nSPS) is 17.9. The van der Waals surface area contributed by atoms with Crippen molar-refractivity contribution in [1.82, 2.24) is 4.90 Å². The number of rotatable bonds is 6. The van der Waals surface area contributed by atoms with Crippen LogP contribution in [0.3, 0.4) is 0 Å². The lowest BCUT2D eigenvalue weighted by molar-refractivity contribution is -0.117. The Morgan fingerprint density at radius 3 is 2.57 bits per heavy atom. The number of carbonyl (C=O) groups excluding carboxylic acids is 1. The fourth-order valence-electron chi connectivity index (χ4n) is 2.32. The Balaban J connectivity index is 2.03. The molecular weight excluding hydrogens is 174 g/mol. The smallest absolute Gasteiger partial charge is 0.129 e. The maximum absolute atomic E-state index is 10.8. The van der Waals surface area contributed by atoms with E-state index >= 15 is 0 Å². The molecule has 1 saturated carbocycles. The molecule has 0 aromatic rings. The van der Waals surface area contributed by atoms with E-state index in [0.717, 1.165) is 25.3 Å². The topological polar surface area (TPSA) is 20.3 Å². The second kappa shape index (κ2) is 6.18. The zero-order valence-electron chi connectivity index (χ0n) is 9.59. The molecule has 0 N–H and O–H groups in total. The van der Waals surface area contributed by atoms with E-state index in [9.17, 15) is 4.79 Å². The highest BCUT2D eigenvalue weighted by Gasteiger charge is 2.16. The summed E-state index contributed by atoms with van der Waals surface area (Å²) in [7, 11) is 2.18. The zero-order chi connectivity index (χ0) is 10.4. The molecule has 82 valence electrons. The number of nitrogens with zero attached hydrogens (tertiary/aromatic N) is 1. The van der Waals surface area contributed by atoms with Crippen LogP contribution in [-0.4, -0.2) is 30.8 Å². The van der Waals surface area contributed by atoms with Gasteiger partial charge in [-0.3, -0.25) is 0 Å². The van der Waals surface area contributed by atoms with Crippen molar-refractivity contribution in [2.45, 2.75) is 45.4 Å². The Morgan fingerprint density at radius 2 is 2.00 bits per heavy atom. The molecule has 0 aromatic carbocycles. The lowest BCUT2D eigenvalue weighted by Gasteiger charge is -2.20. The van der Waals surface area contributed by atoms with Gasteiger partial charge in [0, 0.05) is 13.0 Å². The highest BCUT2D eigenvalue weighted by molar-refractivity contribution is 5.75. The van der Waals surface area contributed by atoms with E-state index < -0.39 is 0 Å². The Hall–Kier alpha value is -0.370. The van der Waals surface area contributed by atoms with Crippen LogP contribution in [0.25, 0.3) is 0 Å². The molecule has 0 saturated heterocycles. The average Bonchev–Trinajstić information content (AvgIpc) is 2.56. The van der Waals surface area contributed by atoms with Crippen LogP contribution in [0.4, 0.5) is 0 Å². The van der Waals surface area contributed by atoms with Crippen LogP contribution in [-0.2, 0) is 4.79 Å². The Kier molecular flexibility index (Phi) is 5.16. The Morgan fingerprint density at radius 1 is 1.36 bits per heavy atom. The molecule has 0 aliphatic heterocycles. The molecule has 1 fully saturated rings. The zero-order valence-corrected chi connectivity index (χ0v) is 9.59. The van der Waals surface area contributed by atoms with E-state index in [2.05, 4.69) is 11.9 Å². The first-order chi connectivity index (χ1) is 6.68. The van der Waals surface area contributed by atoms with Crippen LogP contribution >= 0.6 is 0 Å².